The highest BCUT2D eigenvalue weighted by atomic mass is 16.3. The Morgan fingerprint density at radius 3 is 1.41 bits per heavy atom. The molecule has 0 radical (unpaired) electrons. The fourth-order valence-corrected chi connectivity index (χ4v) is 1.29. The highest BCUT2D eigenvalue weighted by Gasteiger charge is 1.93. The minimum absolute atomic E-state index is 0.169. The van der Waals surface area contributed by atoms with E-state index in [2.05, 4.69) is 38.1 Å². The first kappa shape index (κ1) is 13.1. The first-order valence-electron chi connectivity index (χ1n) is 5.62. The molecule has 2 aromatic rings. The highest BCUT2D eigenvalue weighted by molar-refractivity contribution is 5.28. The van der Waals surface area contributed by atoms with Crippen LogP contribution in [-0.4, -0.2) is 10.2 Å². The fourth-order valence-electron chi connectivity index (χ4n) is 1.29. The van der Waals surface area contributed by atoms with Gasteiger partial charge in [-0.2, -0.15) is 0 Å². The minimum Gasteiger partial charge on any atom is -0.508 e. The van der Waals surface area contributed by atoms with E-state index in [1.807, 2.05) is 6.07 Å². The first-order valence-corrected chi connectivity index (χ1v) is 5.62. The Morgan fingerprint density at radius 1 is 0.706 bits per heavy atom. The predicted molar refractivity (Wildman–Crippen MR) is 70.3 cm³/mol. The van der Waals surface area contributed by atoms with Crippen molar-refractivity contribution in [1.82, 2.24) is 0 Å². The Hall–Kier alpha value is -1.96. The molecule has 17 heavy (non-hydrogen) atoms. The average molecular weight is 230 g/mol. The zero-order chi connectivity index (χ0) is 12.7. The molecule has 0 saturated heterocycles. The van der Waals surface area contributed by atoms with Gasteiger partial charge in [-0.15, -0.1) is 0 Å². The molecule has 0 aliphatic heterocycles. The zero-order valence-corrected chi connectivity index (χ0v) is 10.2. The van der Waals surface area contributed by atoms with Gasteiger partial charge in [-0.25, -0.2) is 0 Å². The van der Waals surface area contributed by atoms with E-state index in [4.69, 9.17) is 10.2 Å². The van der Waals surface area contributed by atoms with Crippen molar-refractivity contribution in [1.29, 1.82) is 0 Å². The second-order valence-electron chi connectivity index (χ2n) is 4.08. The number of aromatic hydroxyl groups is 2. The summed E-state index contributed by atoms with van der Waals surface area (Å²) in [6.07, 6.45) is 0. The summed E-state index contributed by atoms with van der Waals surface area (Å²) in [7, 11) is 0. The Morgan fingerprint density at radius 2 is 1.12 bits per heavy atom. The smallest absolute Gasteiger partial charge is 0.115 e. The van der Waals surface area contributed by atoms with Crippen molar-refractivity contribution < 1.29 is 10.2 Å². The molecular weight excluding hydrogens is 212 g/mol. The van der Waals surface area contributed by atoms with Crippen LogP contribution >= 0.6 is 0 Å². The van der Waals surface area contributed by atoms with Gasteiger partial charge in [0.05, 0.1) is 0 Å². The summed E-state index contributed by atoms with van der Waals surface area (Å²) in [4.78, 5) is 0. The lowest BCUT2D eigenvalue weighted by Crippen LogP contribution is -1.83. The summed E-state index contributed by atoms with van der Waals surface area (Å²) in [5, 5.41) is 17.3. The third kappa shape index (κ3) is 5.07. The van der Waals surface area contributed by atoms with Crippen LogP contribution in [0, 0.1) is 0 Å². The molecule has 0 amide bonds. The lowest BCUT2D eigenvalue weighted by Gasteiger charge is -2.01. The molecule has 90 valence electrons. The van der Waals surface area contributed by atoms with Crippen molar-refractivity contribution in [3.05, 3.63) is 60.2 Å². The number of phenolic OH excluding ortho intramolecular Hbond substituents is 2. The number of hydrogen-bond donors (Lipinski definition) is 2. The van der Waals surface area contributed by atoms with Gasteiger partial charge >= 0.3 is 0 Å². The maximum atomic E-state index is 8.65. The number of rotatable bonds is 1. The SMILES string of the molecule is CC(C)c1ccccc1.Oc1ccc(O)cc1. The van der Waals surface area contributed by atoms with Gasteiger partial charge in [0.15, 0.2) is 0 Å². The van der Waals surface area contributed by atoms with Crippen LogP contribution in [0.2, 0.25) is 0 Å². The summed E-state index contributed by atoms with van der Waals surface area (Å²) in [6, 6.07) is 16.2. The van der Waals surface area contributed by atoms with E-state index in [-0.39, 0.29) is 11.5 Å². The van der Waals surface area contributed by atoms with Gasteiger partial charge in [0, 0.05) is 0 Å². The molecule has 0 bridgehead atoms. The van der Waals surface area contributed by atoms with Gasteiger partial charge in [0.2, 0.25) is 0 Å². The predicted octanol–water partition coefficient (Wildman–Crippen LogP) is 3.91. The number of phenols is 2. The van der Waals surface area contributed by atoms with Crippen LogP contribution in [0.25, 0.3) is 0 Å². The quantitative estimate of drug-likeness (QED) is 0.729. The Labute approximate surface area is 102 Å². The summed E-state index contributed by atoms with van der Waals surface area (Å²) >= 11 is 0. The third-order valence-electron chi connectivity index (χ3n) is 2.32. The van der Waals surface area contributed by atoms with Crippen LogP contribution < -0.4 is 0 Å². The van der Waals surface area contributed by atoms with E-state index < -0.39 is 0 Å². The maximum absolute atomic E-state index is 8.65. The van der Waals surface area contributed by atoms with Crippen LogP contribution in [0.4, 0.5) is 0 Å². The molecule has 2 heteroatoms. The summed E-state index contributed by atoms with van der Waals surface area (Å²) in [5.41, 5.74) is 1.41. The van der Waals surface area contributed by atoms with Crippen molar-refractivity contribution in [3.8, 4) is 11.5 Å². The van der Waals surface area contributed by atoms with E-state index in [0.29, 0.717) is 5.92 Å². The molecule has 0 heterocycles. The molecule has 0 atom stereocenters. The van der Waals surface area contributed by atoms with Gasteiger partial charge in [0.1, 0.15) is 11.5 Å². The number of hydrogen-bond acceptors (Lipinski definition) is 2. The molecule has 0 spiro atoms. The van der Waals surface area contributed by atoms with Crippen LogP contribution in [0.5, 0.6) is 11.5 Å². The molecule has 2 N–H and O–H groups in total. The molecule has 2 rings (SSSR count). The Kier molecular flexibility index (Phi) is 5.08. The standard InChI is InChI=1S/C9H12.C6H6O2/c1-8(2)9-6-4-3-5-7-9;7-5-1-2-6(8)4-3-5/h3-8H,1-2H3;1-4,7-8H. The second-order valence-corrected chi connectivity index (χ2v) is 4.08. The molecule has 0 unspecified atom stereocenters. The molecule has 0 aromatic heterocycles. The van der Waals surface area contributed by atoms with Crippen molar-refractivity contribution in [3.63, 3.8) is 0 Å². The third-order valence-corrected chi connectivity index (χ3v) is 2.32. The normalized spacial score (nSPS) is 9.59. The van der Waals surface area contributed by atoms with E-state index in [9.17, 15) is 0 Å². The summed E-state index contributed by atoms with van der Waals surface area (Å²) < 4.78 is 0. The van der Waals surface area contributed by atoms with Gasteiger partial charge in [-0.1, -0.05) is 44.2 Å². The Balaban J connectivity index is 0.000000171. The molecule has 0 aliphatic carbocycles. The summed E-state index contributed by atoms with van der Waals surface area (Å²) in [5.74, 6) is 0.997. The zero-order valence-electron chi connectivity index (χ0n) is 10.2. The minimum atomic E-state index is 0.169. The van der Waals surface area contributed by atoms with Crippen LogP contribution in [0.15, 0.2) is 54.6 Å². The van der Waals surface area contributed by atoms with E-state index in [1.165, 1.54) is 29.8 Å². The molecule has 0 saturated carbocycles. The highest BCUT2D eigenvalue weighted by Crippen LogP contribution is 2.13. The average Bonchev–Trinajstić information content (AvgIpc) is 2.35. The fraction of sp³-hybridized carbons (Fsp3) is 0.200. The van der Waals surface area contributed by atoms with Gasteiger partial charge in [-0.05, 0) is 35.7 Å². The molecular formula is C15H18O2. The van der Waals surface area contributed by atoms with Gasteiger partial charge in [-0.3, -0.25) is 0 Å². The maximum Gasteiger partial charge on any atom is 0.115 e. The van der Waals surface area contributed by atoms with Crippen molar-refractivity contribution in [2.24, 2.45) is 0 Å². The van der Waals surface area contributed by atoms with Gasteiger partial charge < -0.3 is 10.2 Å². The lowest BCUT2D eigenvalue weighted by molar-refractivity contribution is 0.460. The van der Waals surface area contributed by atoms with Crippen LogP contribution in [-0.2, 0) is 0 Å². The molecule has 2 nitrogen and oxygen atoms in total. The molecule has 0 aliphatic rings. The molecule has 2 aromatic carbocycles. The monoisotopic (exact) mass is 230 g/mol. The van der Waals surface area contributed by atoms with Crippen molar-refractivity contribution in [2.75, 3.05) is 0 Å². The van der Waals surface area contributed by atoms with E-state index >= 15 is 0 Å². The number of benzene rings is 2. The molecule has 0 fully saturated rings. The van der Waals surface area contributed by atoms with Gasteiger partial charge in [0.25, 0.3) is 0 Å². The Bertz CT molecular complexity index is 397. The lowest BCUT2D eigenvalue weighted by atomic mass is 10.0. The van der Waals surface area contributed by atoms with Crippen molar-refractivity contribution >= 4 is 0 Å². The largest absolute Gasteiger partial charge is 0.508 e. The van der Waals surface area contributed by atoms with E-state index in [0.717, 1.165) is 0 Å². The first-order chi connectivity index (χ1) is 8.09. The summed E-state index contributed by atoms with van der Waals surface area (Å²) in [6.45, 7) is 4.41. The van der Waals surface area contributed by atoms with Crippen molar-refractivity contribution in [2.45, 2.75) is 19.8 Å². The van der Waals surface area contributed by atoms with Crippen LogP contribution in [0.1, 0.15) is 25.3 Å². The van der Waals surface area contributed by atoms with E-state index in [1.54, 1.807) is 0 Å². The van der Waals surface area contributed by atoms with Crippen LogP contribution in [0.3, 0.4) is 0 Å². The second kappa shape index (κ2) is 6.59. The topological polar surface area (TPSA) is 40.5 Å².